The van der Waals surface area contributed by atoms with E-state index in [1.807, 2.05) is 24.3 Å². The lowest BCUT2D eigenvalue weighted by atomic mass is 10.1. The number of carbonyl (C=O) groups is 2. The molecule has 2 heterocycles. The summed E-state index contributed by atoms with van der Waals surface area (Å²) in [6, 6.07) is 6.69. The molecule has 2 aromatic rings. The third-order valence-electron chi connectivity index (χ3n) is 4.01. The van der Waals surface area contributed by atoms with Crippen molar-refractivity contribution in [1.29, 1.82) is 0 Å². The first-order valence-corrected chi connectivity index (χ1v) is 7.84. The monoisotopic (exact) mass is 329 g/mol. The summed E-state index contributed by atoms with van der Waals surface area (Å²) in [6.45, 7) is 0.951. The number of hydrogen-bond donors (Lipinski definition) is 1. The van der Waals surface area contributed by atoms with Crippen molar-refractivity contribution in [3.05, 3.63) is 36.2 Å². The van der Waals surface area contributed by atoms with E-state index in [1.54, 1.807) is 6.20 Å². The molecular formula is C17H19N3O4. The Morgan fingerprint density at radius 1 is 1.38 bits per heavy atom. The number of para-hydroxylation sites is 2. The molecule has 24 heavy (non-hydrogen) atoms. The minimum absolute atomic E-state index is 0.198. The van der Waals surface area contributed by atoms with Gasteiger partial charge in [-0.2, -0.15) is 0 Å². The van der Waals surface area contributed by atoms with Gasteiger partial charge in [0, 0.05) is 19.2 Å². The van der Waals surface area contributed by atoms with Crippen molar-refractivity contribution in [3.63, 3.8) is 0 Å². The summed E-state index contributed by atoms with van der Waals surface area (Å²) in [7, 11) is 1.30. The number of carbonyl (C=O) groups excluding carboxylic acids is 2. The van der Waals surface area contributed by atoms with Crippen LogP contribution in [0, 0.1) is 5.92 Å². The lowest BCUT2D eigenvalue weighted by Crippen LogP contribution is -2.45. The van der Waals surface area contributed by atoms with Gasteiger partial charge in [0.1, 0.15) is 6.04 Å². The Labute approximate surface area is 139 Å². The van der Waals surface area contributed by atoms with Crippen LogP contribution in [-0.2, 0) is 25.5 Å². The van der Waals surface area contributed by atoms with Crippen molar-refractivity contribution >= 4 is 22.9 Å². The van der Waals surface area contributed by atoms with E-state index >= 15 is 0 Å². The Bertz CT molecular complexity index is 743. The average Bonchev–Trinajstić information content (AvgIpc) is 3.15. The minimum Gasteiger partial charge on any atom is -0.467 e. The highest BCUT2D eigenvalue weighted by molar-refractivity contribution is 5.86. The molecule has 126 valence electrons. The molecule has 3 rings (SSSR count). The van der Waals surface area contributed by atoms with Crippen molar-refractivity contribution in [3.8, 4) is 0 Å². The first-order chi connectivity index (χ1) is 11.7. The van der Waals surface area contributed by atoms with E-state index in [-0.39, 0.29) is 18.2 Å². The fourth-order valence-electron chi connectivity index (χ4n) is 2.67. The standard InChI is InChI=1S/C17H19N3O4/c1-23-17(22)15(20-16(21)11-6-7-24-10-11)8-12-9-18-13-4-2-3-5-14(13)19-12/h2-5,9,11,15H,6-8,10H2,1H3,(H,20,21)/t11-,15-/m0/s1. The molecule has 1 aromatic carbocycles. The molecule has 1 saturated heterocycles. The van der Waals surface area contributed by atoms with Gasteiger partial charge in [-0.15, -0.1) is 0 Å². The van der Waals surface area contributed by atoms with Gasteiger partial charge in [-0.1, -0.05) is 12.1 Å². The number of esters is 1. The van der Waals surface area contributed by atoms with Crippen molar-refractivity contribution in [2.24, 2.45) is 5.92 Å². The Hall–Kier alpha value is -2.54. The third-order valence-corrected chi connectivity index (χ3v) is 4.01. The van der Waals surface area contributed by atoms with E-state index in [1.165, 1.54) is 7.11 Å². The predicted molar refractivity (Wildman–Crippen MR) is 86.1 cm³/mol. The summed E-state index contributed by atoms with van der Waals surface area (Å²) in [5.41, 5.74) is 2.14. The molecule has 1 fully saturated rings. The molecule has 1 amide bonds. The van der Waals surface area contributed by atoms with Gasteiger partial charge in [0.2, 0.25) is 5.91 Å². The molecule has 1 aromatic heterocycles. The lowest BCUT2D eigenvalue weighted by molar-refractivity contribution is -0.145. The maximum Gasteiger partial charge on any atom is 0.328 e. The number of benzene rings is 1. The molecular weight excluding hydrogens is 310 g/mol. The molecule has 0 unspecified atom stereocenters. The Kier molecular flexibility index (Phi) is 5.00. The maximum atomic E-state index is 12.2. The van der Waals surface area contributed by atoms with Gasteiger partial charge >= 0.3 is 5.97 Å². The number of methoxy groups -OCH3 is 1. The van der Waals surface area contributed by atoms with Crippen LogP contribution in [0.4, 0.5) is 0 Å². The third kappa shape index (κ3) is 3.68. The highest BCUT2D eigenvalue weighted by Crippen LogP contribution is 2.14. The first kappa shape index (κ1) is 16.3. The van der Waals surface area contributed by atoms with E-state index in [2.05, 4.69) is 15.3 Å². The van der Waals surface area contributed by atoms with E-state index in [9.17, 15) is 9.59 Å². The number of nitrogens with one attached hydrogen (secondary N) is 1. The molecule has 1 aliphatic heterocycles. The zero-order chi connectivity index (χ0) is 16.9. The second-order valence-corrected chi connectivity index (χ2v) is 5.70. The fraction of sp³-hybridized carbons (Fsp3) is 0.412. The Balaban J connectivity index is 1.75. The molecule has 1 N–H and O–H groups in total. The fourth-order valence-corrected chi connectivity index (χ4v) is 2.67. The summed E-state index contributed by atoms with van der Waals surface area (Å²) >= 11 is 0. The molecule has 7 heteroatoms. The second kappa shape index (κ2) is 7.35. The van der Waals surface area contributed by atoms with Gasteiger partial charge in [-0.25, -0.2) is 9.78 Å². The summed E-state index contributed by atoms with van der Waals surface area (Å²) < 4.78 is 10.0. The number of amides is 1. The van der Waals surface area contributed by atoms with Crippen LogP contribution < -0.4 is 5.32 Å². The van der Waals surface area contributed by atoms with Crippen molar-refractivity contribution in [2.75, 3.05) is 20.3 Å². The zero-order valence-corrected chi connectivity index (χ0v) is 13.4. The topological polar surface area (TPSA) is 90.4 Å². The normalized spacial score (nSPS) is 18.3. The van der Waals surface area contributed by atoms with Crippen LogP contribution in [0.5, 0.6) is 0 Å². The maximum absolute atomic E-state index is 12.2. The number of aromatic nitrogens is 2. The number of hydrogen-bond acceptors (Lipinski definition) is 6. The van der Waals surface area contributed by atoms with Crippen LogP contribution in [0.3, 0.4) is 0 Å². The molecule has 0 aliphatic carbocycles. The first-order valence-electron chi connectivity index (χ1n) is 7.84. The second-order valence-electron chi connectivity index (χ2n) is 5.70. The van der Waals surface area contributed by atoms with Crippen LogP contribution in [0.25, 0.3) is 11.0 Å². The van der Waals surface area contributed by atoms with Crippen molar-refractivity contribution in [1.82, 2.24) is 15.3 Å². The van der Waals surface area contributed by atoms with Crippen molar-refractivity contribution < 1.29 is 19.1 Å². The van der Waals surface area contributed by atoms with Crippen LogP contribution in [0.1, 0.15) is 12.1 Å². The van der Waals surface area contributed by atoms with Gasteiger partial charge in [-0.05, 0) is 18.6 Å². The highest BCUT2D eigenvalue weighted by Gasteiger charge is 2.29. The molecule has 2 atom stereocenters. The minimum atomic E-state index is -0.793. The lowest BCUT2D eigenvalue weighted by Gasteiger charge is -2.18. The quantitative estimate of drug-likeness (QED) is 0.819. The van der Waals surface area contributed by atoms with Crippen molar-refractivity contribution in [2.45, 2.75) is 18.9 Å². The summed E-state index contributed by atoms with van der Waals surface area (Å²) in [5, 5.41) is 2.74. The molecule has 1 aliphatic rings. The van der Waals surface area contributed by atoms with Crippen LogP contribution >= 0.6 is 0 Å². The van der Waals surface area contributed by atoms with Crippen LogP contribution in [0.2, 0.25) is 0 Å². The zero-order valence-electron chi connectivity index (χ0n) is 13.4. The van der Waals surface area contributed by atoms with Gasteiger partial charge in [0.25, 0.3) is 0 Å². The average molecular weight is 329 g/mol. The number of rotatable bonds is 5. The van der Waals surface area contributed by atoms with E-state index in [0.29, 0.717) is 25.3 Å². The smallest absolute Gasteiger partial charge is 0.328 e. The van der Waals surface area contributed by atoms with Gasteiger partial charge in [-0.3, -0.25) is 9.78 Å². The molecule has 0 spiro atoms. The largest absolute Gasteiger partial charge is 0.467 e. The van der Waals surface area contributed by atoms with Gasteiger partial charge < -0.3 is 14.8 Å². The van der Waals surface area contributed by atoms with Crippen LogP contribution in [0.15, 0.2) is 30.5 Å². The summed E-state index contributed by atoms with van der Waals surface area (Å²) in [6.07, 6.45) is 2.50. The predicted octanol–water partition coefficient (Wildman–Crippen LogP) is 0.867. The van der Waals surface area contributed by atoms with E-state index < -0.39 is 12.0 Å². The molecule has 0 saturated carbocycles. The number of fused-ring (bicyclic) bond motifs is 1. The molecule has 0 radical (unpaired) electrons. The number of ether oxygens (including phenoxy) is 2. The van der Waals surface area contributed by atoms with Gasteiger partial charge in [0.15, 0.2) is 0 Å². The Morgan fingerprint density at radius 3 is 2.88 bits per heavy atom. The van der Waals surface area contributed by atoms with Gasteiger partial charge in [0.05, 0.1) is 36.4 Å². The van der Waals surface area contributed by atoms with E-state index in [0.717, 1.165) is 11.0 Å². The van der Waals surface area contributed by atoms with E-state index in [4.69, 9.17) is 9.47 Å². The highest BCUT2D eigenvalue weighted by atomic mass is 16.5. The Morgan fingerprint density at radius 2 is 2.17 bits per heavy atom. The van der Waals surface area contributed by atoms with Crippen LogP contribution in [-0.4, -0.2) is 48.2 Å². The summed E-state index contributed by atoms with van der Waals surface area (Å²) in [5.74, 6) is -0.922. The number of nitrogens with zero attached hydrogens (tertiary/aromatic N) is 2. The SMILES string of the molecule is COC(=O)[C@H](Cc1cnc2ccccc2n1)NC(=O)[C@H]1CCOC1. The molecule has 0 bridgehead atoms. The molecule has 7 nitrogen and oxygen atoms in total. The summed E-state index contributed by atoms with van der Waals surface area (Å²) in [4.78, 5) is 33.1.